The molecule has 6 heteroatoms. The summed E-state index contributed by atoms with van der Waals surface area (Å²) in [5.41, 5.74) is 2.03. The maximum Gasteiger partial charge on any atom is 0.167 e. The monoisotopic (exact) mass is 371 g/mol. The minimum absolute atomic E-state index is 0.0334. The second-order valence-electron chi connectivity index (χ2n) is 6.10. The van der Waals surface area contributed by atoms with Crippen molar-refractivity contribution in [1.29, 1.82) is 0 Å². The highest BCUT2D eigenvalue weighted by atomic mass is 16.5. The first-order chi connectivity index (χ1) is 13.6. The molecule has 0 spiro atoms. The third kappa shape index (κ3) is 3.48. The molecule has 0 bridgehead atoms. The molecular formula is C22H17N3O3. The van der Waals surface area contributed by atoms with Gasteiger partial charge in [0.2, 0.25) is 0 Å². The van der Waals surface area contributed by atoms with E-state index in [-0.39, 0.29) is 11.5 Å². The molecule has 0 aliphatic carbocycles. The smallest absolute Gasteiger partial charge is 0.167 e. The van der Waals surface area contributed by atoms with Crippen LogP contribution in [-0.4, -0.2) is 32.3 Å². The molecule has 0 amide bonds. The lowest BCUT2D eigenvalue weighted by molar-refractivity contribution is 0.415. The summed E-state index contributed by atoms with van der Waals surface area (Å²) >= 11 is 0. The number of phenols is 2. The average Bonchev–Trinajstić information content (AvgIpc) is 2.74. The topological polar surface area (TPSA) is 88.4 Å². The summed E-state index contributed by atoms with van der Waals surface area (Å²) in [6, 6.07) is 21.3. The minimum Gasteiger partial charge on any atom is -0.508 e. The van der Waals surface area contributed by atoms with Crippen molar-refractivity contribution in [1.82, 2.24) is 15.0 Å². The first-order valence-electron chi connectivity index (χ1n) is 8.62. The molecule has 1 heterocycles. The maximum atomic E-state index is 10.3. The number of aromatic hydroxyl groups is 2. The second-order valence-corrected chi connectivity index (χ2v) is 6.10. The third-order valence-electron chi connectivity index (χ3n) is 4.24. The van der Waals surface area contributed by atoms with Gasteiger partial charge in [-0.1, -0.05) is 30.3 Å². The van der Waals surface area contributed by atoms with Crippen LogP contribution in [-0.2, 0) is 0 Å². The van der Waals surface area contributed by atoms with Crippen molar-refractivity contribution in [2.24, 2.45) is 0 Å². The van der Waals surface area contributed by atoms with Gasteiger partial charge in [-0.2, -0.15) is 0 Å². The van der Waals surface area contributed by atoms with Crippen molar-refractivity contribution in [2.45, 2.75) is 0 Å². The highest BCUT2D eigenvalue weighted by molar-refractivity contribution is 5.70. The molecule has 0 aliphatic rings. The van der Waals surface area contributed by atoms with E-state index in [9.17, 15) is 10.2 Å². The summed E-state index contributed by atoms with van der Waals surface area (Å²) < 4.78 is 5.21. The van der Waals surface area contributed by atoms with Crippen LogP contribution in [0.4, 0.5) is 0 Å². The van der Waals surface area contributed by atoms with Gasteiger partial charge in [0.1, 0.15) is 17.2 Å². The Morgan fingerprint density at radius 1 is 0.679 bits per heavy atom. The molecule has 2 N–H and O–H groups in total. The number of phenolic OH excluding ortho intramolecular Hbond substituents is 2. The zero-order chi connectivity index (χ0) is 19.5. The van der Waals surface area contributed by atoms with Crippen LogP contribution in [0.15, 0.2) is 72.8 Å². The fourth-order valence-corrected chi connectivity index (χ4v) is 2.79. The van der Waals surface area contributed by atoms with Gasteiger partial charge < -0.3 is 14.9 Å². The van der Waals surface area contributed by atoms with Crippen molar-refractivity contribution in [3.05, 3.63) is 72.8 Å². The molecule has 1 aromatic heterocycles. The van der Waals surface area contributed by atoms with E-state index in [1.807, 2.05) is 54.6 Å². The van der Waals surface area contributed by atoms with Gasteiger partial charge in [0.05, 0.1) is 12.7 Å². The Hall–Kier alpha value is -3.93. The molecule has 0 saturated heterocycles. The van der Waals surface area contributed by atoms with Crippen LogP contribution in [0.3, 0.4) is 0 Å². The standard InChI is InChI=1S/C22H17N3O3/c1-28-17-10-7-15(8-11-17)21-23-20(14-5-3-2-4-6-14)24-22(25-21)18-12-9-16(26)13-19(18)27/h2-13,26-27H,1H3. The lowest BCUT2D eigenvalue weighted by Gasteiger charge is -2.10. The van der Waals surface area contributed by atoms with Crippen molar-refractivity contribution in [2.75, 3.05) is 7.11 Å². The summed E-state index contributed by atoms with van der Waals surface area (Å²) in [6.07, 6.45) is 0. The molecule has 6 nitrogen and oxygen atoms in total. The lowest BCUT2D eigenvalue weighted by atomic mass is 10.1. The third-order valence-corrected chi connectivity index (χ3v) is 4.24. The van der Waals surface area contributed by atoms with Gasteiger partial charge in [0.25, 0.3) is 0 Å². The van der Waals surface area contributed by atoms with Crippen LogP contribution in [0.2, 0.25) is 0 Å². The normalized spacial score (nSPS) is 10.6. The van der Waals surface area contributed by atoms with Gasteiger partial charge in [-0.15, -0.1) is 0 Å². The van der Waals surface area contributed by atoms with Crippen molar-refractivity contribution in [3.63, 3.8) is 0 Å². The molecule has 0 atom stereocenters. The molecule has 0 aliphatic heterocycles. The highest BCUT2D eigenvalue weighted by Gasteiger charge is 2.15. The molecule has 0 radical (unpaired) electrons. The van der Waals surface area contributed by atoms with E-state index in [4.69, 9.17) is 4.74 Å². The highest BCUT2D eigenvalue weighted by Crippen LogP contribution is 2.32. The molecule has 28 heavy (non-hydrogen) atoms. The fourth-order valence-electron chi connectivity index (χ4n) is 2.79. The van der Waals surface area contributed by atoms with Gasteiger partial charge in [0, 0.05) is 17.2 Å². The zero-order valence-corrected chi connectivity index (χ0v) is 15.1. The Labute approximate surface area is 161 Å². The molecule has 138 valence electrons. The number of ether oxygens (including phenoxy) is 1. The molecule has 0 fully saturated rings. The molecule has 4 rings (SSSR count). The number of aromatic nitrogens is 3. The van der Waals surface area contributed by atoms with E-state index in [0.29, 0.717) is 23.0 Å². The van der Waals surface area contributed by atoms with E-state index in [1.165, 1.54) is 12.1 Å². The Kier molecular flexibility index (Phi) is 4.60. The van der Waals surface area contributed by atoms with Crippen molar-refractivity contribution >= 4 is 0 Å². The number of hydrogen-bond donors (Lipinski definition) is 2. The van der Waals surface area contributed by atoms with Crippen LogP contribution in [0.5, 0.6) is 17.2 Å². The summed E-state index contributed by atoms with van der Waals surface area (Å²) in [5.74, 6) is 1.87. The minimum atomic E-state index is -0.106. The number of nitrogens with zero attached hydrogens (tertiary/aromatic N) is 3. The predicted octanol–water partition coefficient (Wildman–Crippen LogP) is 4.29. The molecule has 0 saturated carbocycles. The van der Waals surface area contributed by atoms with Crippen LogP contribution in [0.25, 0.3) is 34.2 Å². The summed E-state index contributed by atoms with van der Waals surface area (Å²) in [5, 5.41) is 19.8. The summed E-state index contributed by atoms with van der Waals surface area (Å²) in [6.45, 7) is 0. The van der Waals surface area contributed by atoms with Crippen molar-refractivity contribution in [3.8, 4) is 51.4 Å². The van der Waals surface area contributed by atoms with E-state index >= 15 is 0 Å². The van der Waals surface area contributed by atoms with E-state index in [1.54, 1.807) is 13.2 Å². The number of hydrogen-bond acceptors (Lipinski definition) is 6. The number of methoxy groups -OCH3 is 1. The number of benzene rings is 3. The van der Waals surface area contributed by atoms with Gasteiger partial charge in [-0.25, -0.2) is 15.0 Å². The van der Waals surface area contributed by atoms with Crippen LogP contribution < -0.4 is 4.74 Å². The predicted molar refractivity (Wildman–Crippen MR) is 106 cm³/mol. The second kappa shape index (κ2) is 7.36. The SMILES string of the molecule is COc1ccc(-c2nc(-c3ccccc3)nc(-c3ccc(O)cc3O)n2)cc1. The molecule has 3 aromatic carbocycles. The van der Waals surface area contributed by atoms with Crippen LogP contribution in [0.1, 0.15) is 0 Å². The molecule has 4 aromatic rings. The first-order valence-corrected chi connectivity index (χ1v) is 8.62. The Balaban J connectivity index is 1.90. The Morgan fingerprint density at radius 2 is 1.29 bits per heavy atom. The van der Waals surface area contributed by atoms with Gasteiger partial charge in [0.15, 0.2) is 17.5 Å². The summed E-state index contributed by atoms with van der Waals surface area (Å²) in [7, 11) is 1.61. The van der Waals surface area contributed by atoms with Gasteiger partial charge >= 0.3 is 0 Å². The Morgan fingerprint density at radius 3 is 1.89 bits per heavy atom. The van der Waals surface area contributed by atoms with Crippen LogP contribution >= 0.6 is 0 Å². The van der Waals surface area contributed by atoms with Gasteiger partial charge in [-0.3, -0.25) is 0 Å². The largest absolute Gasteiger partial charge is 0.508 e. The van der Waals surface area contributed by atoms with E-state index in [2.05, 4.69) is 15.0 Å². The quantitative estimate of drug-likeness (QED) is 0.556. The fraction of sp³-hybridized carbons (Fsp3) is 0.0455. The average molecular weight is 371 g/mol. The zero-order valence-electron chi connectivity index (χ0n) is 15.1. The van der Waals surface area contributed by atoms with Crippen molar-refractivity contribution < 1.29 is 14.9 Å². The van der Waals surface area contributed by atoms with Gasteiger partial charge in [-0.05, 0) is 36.4 Å². The number of rotatable bonds is 4. The first kappa shape index (κ1) is 17.5. The summed E-state index contributed by atoms with van der Waals surface area (Å²) in [4.78, 5) is 13.7. The lowest BCUT2D eigenvalue weighted by Crippen LogP contribution is -2.00. The van der Waals surface area contributed by atoms with E-state index < -0.39 is 0 Å². The maximum absolute atomic E-state index is 10.3. The molecular weight excluding hydrogens is 354 g/mol. The Bertz CT molecular complexity index is 1110. The van der Waals surface area contributed by atoms with Crippen LogP contribution in [0, 0.1) is 0 Å². The van der Waals surface area contributed by atoms with E-state index in [0.717, 1.165) is 16.9 Å². The molecule has 0 unspecified atom stereocenters.